The Labute approximate surface area is 115 Å². The number of hydrogen-bond donors (Lipinski definition) is 2. The molecular formula is C14H22ClN3. The van der Waals surface area contributed by atoms with Gasteiger partial charge in [0, 0.05) is 20.6 Å². The van der Waals surface area contributed by atoms with E-state index < -0.39 is 0 Å². The van der Waals surface area contributed by atoms with Crippen LogP contribution in [0.4, 0.5) is 11.4 Å². The first-order chi connectivity index (χ1) is 8.68. The summed E-state index contributed by atoms with van der Waals surface area (Å²) in [5.74, 6) is 0.764. The first-order valence-electron chi connectivity index (χ1n) is 6.59. The Morgan fingerprint density at radius 1 is 1.33 bits per heavy atom. The molecule has 1 aliphatic heterocycles. The highest BCUT2D eigenvalue weighted by Gasteiger charge is 2.14. The summed E-state index contributed by atoms with van der Waals surface area (Å²) in [6, 6.07) is 6.04. The maximum atomic E-state index is 6.25. The number of piperidine rings is 1. The van der Waals surface area contributed by atoms with Crippen LogP contribution in [0.3, 0.4) is 0 Å². The van der Waals surface area contributed by atoms with Gasteiger partial charge in [0.25, 0.3) is 0 Å². The molecule has 0 saturated carbocycles. The number of benzene rings is 1. The fraction of sp³-hybridized carbons (Fsp3) is 0.571. The van der Waals surface area contributed by atoms with Gasteiger partial charge in [-0.3, -0.25) is 0 Å². The molecule has 18 heavy (non-hydrogen) atoms. The van der Waals surface area contributed by atoms with Crippen molar-refractivity contribution in [1.29, 1.82) is 0 Å². The van der Waals surface area contributed by atoms with E-state index in [1.807, 2.05) is 26.2 Å². The number of halogens is 1. The van der Waals surface area contributed by atoms with E-state index in [1.54, 1.807) is 0 Å². The van der Waals surface area contributed by atoms with Crippen LogP contribution in [0.1, 0.15) is 12.8 Å². The highest BCUT2D eigenvalue weighted by molar-refractivity contribution is 6.34. The third-order valence-electron chi connectivity index (χ3n) is 3.47. The predicted molar refractivity (Wildman–Crippen MR) is 79.9 cm³/mol. The summed E-state index contributed by atoms with van der Waals surface area (Å²) in [4.78, 5) is 2.06. The quantitative estimate of drug-likeness (QED) is 0.879. The van der Waals surface area contributed by atoms with Crippen molar-refractivity contribution in [1.82, 2.24) is 5.32 Å². The van der Waals surface area contributed by atoms with Crippen LogP contribution in [0.5, 0.6) is 0 Å². The Balaban J connectivity index is 2.02. The Morgan fingerprint density at radius 3 is 2.72 bits per heavy atom. The maximum Gasteiger partial charge on any atom is 0.0786 e. The summed E-state index contributed by atoms with van der Waals surface area (Å²) >= 11 is 6.25. The molecule has 1 aliphatic rings. The van der Waals surface area contributed by atoms with Crippen molar-refractivity contribution >= 4 is 23.0 Å². The van der Waals surface area contributed by atoms with E-state index in [9.17, 15) is 0 Å². The van der Waals surface area contributed by atoms with Gasteiger partial charge in [0.05, 0.1) is 16.4 Å². The summed E-state index contributed by atoms with van der Waals surface area (Å²) in [5, 5.41) is 7.75. The smallest absolute Gasteiger partial charge is 0.0786 e. The average molecular weight is 268 g/mol. The van der Waals surface area contributed by atoms with E-state index in [1.165, 1.54) is 12.8 Å². The van der Waals surface area contributed by atoms with Crippen LogP contribution < -0.4 is 15.5 Å². The van der Waals surface area contributed by atoms with Gasteiger partial charge in [-0.25, -0.2) is 0 Å². The van der Waals surface area contributed by atoms with E-state index in [-0.39, 0.29) is 0 Å². The molecule has 0 aliphatic carbocycles. The Hall–Kier alpha value is -0.930. The zero-order valence-electron chi connectivity index (χ0n) is 11.2. The van der Waals surface area contributed by atoms with Gasteiger partial charge in [-0.05, 0) is 44.0 Å². The topological polar surface area (TPSA) is 27.3 Å². The molecule has 1 aromatic carbocycles. The highest BCUT2D eigenvalue weighted by atomic mass is 35.5. The summed E-state index contributed by atoms with van der Waals surface area (Å²) in [6.45, 7) is 3.31. The Bertz CT molecular complexity index is 387. The minimum Gasteiger partial charge on any atom is -0.383 e. The summed E-state index contributed by atoms with van der Waals surface area (Å²) in [7, 11) is 4.05. The van der Waals surface area contributed by atoms with E-state index in [0.717, 1.165) is 41.9 Å². The van der Waals surface area contributed by atoms with Crippen LogP contribution >= 0.6 is 11.6 Å². The third-order valence-corrected chi connectivity index (χ3v) is 3.78. The number of anilines is 2. The lowest BCUT2D eigenvalue weighted by Gasteiger charge is -2.25. The number of para-hydroxylation sites is 1. The van der Waals surface area contributed by atoms with Crippen LogP contribution in [0.2, 0.25) is 5.02 Å². The molecule has 3 nitrogen and oxygen atoms in total. The molecule has 0 spiro atoms. The second kappa shape index (κ2) is 6.30. The molecule has 0 aromatic heterocycles. The van der Waals surface area contributed by atoms with Gasteiger partial charge in [-0.1, -0.05) is 17.7 Å². The second-order valence-corrected chi connectivity index (χ2v) is 5.51. The van der Waals surface area contributed by atoms with Gasteiger partial charge in [0.2, 0.25) is 0 Å². The molecule has 1 heterocycles. The van der Waals surface area contributed by atoms with E-state index in [2.05, 4.69) is 21.6 Å². The van der Waals surface area contributed by atoms with E-state index in [4.69, 9.17) is 11.6 Å². The average Bonchev–Trinajstić information content (AvgIpc) is 2.37. The largest absolute Gasteiger partial charge is 0.383 e. The third kappa shape index (κ3) is 3.30. The molecule has 1 aromatic rings. The lowest BCUT2D eigenvalue weighted by atomic mass is 9.98. The summed E-state index contributed by atoms with van der Waals surface area (Å²) in [5.41, 5.74) is 2.21. The maximum absolute atomic E-state index is 6.25. The van der Waals surface area contributed by atoms with Crippen LogP contribution in [-0.2, 0) is 0 Å². The van der Waals surface area contributed by atoms with Crippen LogP contribution in [0.15, 0.2) is 18.2 Å². The van der Waals surface area contributed by atoms with Crippen molar-refractivity contribution < 1.29 is 0 Å². The molecule has 0 unspecified atom stereocenters. The highest BCUT2D eigenvalue weighted by Crippen LogP contribution is 2.32. The molecule has 0 radical (unpaired) electrons. The van der Waals surface area contributed by atoms with Crippen LogP contribution in [0, 0.1) is 5.92 Å². The number of nitrogens with one attached hydrogen (secondary N) is 2. The van der Waals surface area contributed by atoms with Crippen LogP contribution in [-0.4, -0.2) is 33.7 Å². The zero-order valence-corrected chi connectivity index (χ0v) is 11.9. The summed E-state index contributed by atoms with van der Waals surface area (Å²) < 4.78 is 0. The second-order valence-electron chi connectivity index (χ2n) is 5.10. The first-order valence-corrected chi connectivity index (χ1v) is 6.96. The van der Waals surface area contributed by atoms with Crippen molar-refractivity contribution in [2.75, 3.05) is 43.9 Å². The molecule has 1 fully saturated rings. The number of rotatable bonds is 4. The molecular weight excluding hydrogens is 246 g/mol. The molecule has 2 rings (SSSR count). The van der Waals surface area contributed by atoms with Gasteiger partial charge in [-0.2, -0.15) is 0 Å². The van der Waals surface area contributed by atoms with E-state index >= 15 is 0 Å². The molecule has 1 saturated heterocycles. The predicted octanol–water partition coefficient (Wildman–Crippen LogP) is 2.82. The molecule has 0 atom stereocenters. The Kier molecular flexibility index (Phi) is 4.72. The number of nitrogens with zero attached hydrogens (tertiary/aromatic N) is 1. The van der Waals surface area contributed by atoms with Crippen LogP contribution in [0.25, 0.3) is 0 Å². The minimum absolute atomic E-state index is 0.764. The van der Waals surface area contributed by atoms with Crippen molar-refractivity contribution in [2.45, 2.75) is 12.8 Å². The Morgan fingerprint density at radius 2 is 2.06 bits per heavy atom. The van der Waals surface area contributed by atoms with Crippen molar-refractivity contribution in [2.24, 2.45) is 5.92 Å². The normalized spacial score (nSPS) is 16.6. The van der Waals surface area contributed by atoms with Crippen molar-refractivity contribution in [3.05, 3.63) is 23.2 Å². The number of hydrogen-bond acceptors (Lipinski definition) is 3. The lowest BCUT2D eigenvalue weighted by Crippen LogP contribution is -2.31. The fourth-order valence-electron chi connectivity index (χ4n) is 2.45. The first kappa shape index (κ1) is 13.5. The van der Waals surface area contributed by atoms with Gasteiger partial charge in [0.15, 0.2) is 0 Å². The molecule has 4 heteroatoms. The van der Waals surface area contributed by atoms with Gasteiger partial charge < -0.3 is 15.5 Å². The standard InChI is InChI=1S/C14H22ClN3/c1-18(2)14-12(15)4-3-5-13(14)17-10-11-6-8-16-9-7-11/h3-5,11,16-17H,6-10H2,1-2H3. The fourth-order valence-corrected chi connectivity index (χ4v) is 2.80. The van der Waals surface area contributed by atoms with Gasteiger partial charge >= 0.3 is 0 Å². The van der Waals surface area contributed by atoms with Gasteiger partial charge in [0.1, 0.15) is 0 Å². The molecule has 0 amide bonds. The minimum atomic E-state index is 0.764. The van der Waals surface area contributed by atoms with Crippen molar-refractivity contribution in [3.8, 4) is 0 Å². The van der Waals surface area contributed by atoms with E-state index in [0.29, 0.717) is 0 Å². The molecule has 100 valence electrons. The monoisotopic (exact) mass is 267 g/mol. The van der Waals surface area contributed by atoms with Gasteiger partial charge in [-0.15, -0.1) is 0 Å². The SMILES string of the molecule is CN(C)c1c(Cl)cccc1NCC1CCNCC1. The molecule has 0 bridgehead atoms. The summed E-state index contributed by atoms with van der Waals surface area (Å²) in [6.07, 6.45) is 2.51. The van der Waals surface area contributed by atoms with Crippen molar-refractivity contribution in [3.63, 3.8) is 0 Å². The zero-order chi connectivity index (χ0) is 13.0. The molecule has 2 N–H and O–H groups in total. The lowest BCUT2D eigenvalue weighted by molar-refractivity contribution is 0.390.